The maximum absolute atomic E-state index is 12.1. The molecule has 0 saturated carbocycles. The van der Waals surface area contributed by atoms with E-state index in [2.05, 4.69) is 16.0 Å². The van der Waals surface area contributed by atoms with Gasteiger partial charge >= 0.3 is 12.0 Å². The second-order valence-electron chi connectivity index (χ2n) is 6.49. The van der Waals surface area contributed by atoms with Crippen molar-refractivity contribution in [1.82, 2.24) is 10.6 Å². The van der Waals surface area contributed by atoms with Crippen molar-refractivity contribution in [1.29, 1.82) is 0 Å². The van der Waals surface area contributed by atoms with Gasteiger partial charge in [-0.3, -0.25) is 0 Å². The van der Waals surface area contributed by atoms with Gasteiger partial charge in [0.25, 0.3) is 0 Å². The van der Waals surface area contributed by atoms with Crippen molar-refractivity contribution >= 4 is 23.3 Å². The summed E-state index contributed by atoms with van der Waals surface area (Å²) in [6.45, 7) is 7.33. The van der Waals surface area contributed by atoms with Gasteiger partial charge in [0.1, 0.15) is 11.1 Å². The molecule has 116 valence electrons. The van der Waals surface area contributed by atoms with E-state index in [-0.39, 0.29) is 18.0 Å². The average Bonchev–Trinajstić information content (AvgIpc) is 2.84. The van der Waals surface area contributed by atoms with Crippen LogP contribution in [0, 0.1) is 0 Å². The number of carbonyl (C=O) groups excluding carboxylic acids is 2. The van der Waals surface area contributed by atoms with Gasteiger partial charge in [0, 0.05) is 12.5 Å². The van der Waals surface area contributed by atoms with E-state index in [0.29, 0.717) is 6.42 Å². The summed E-state index contributed by atoms with van der Waals surface area (Å²) >= 11 is 1.64. The summed E-state index contributed by atoms with van der Waals surface area (Å²) < 4.78 is 5.28. The first kappa shape index (κ1) is 15.8. The standard InChI is InChI=1S/C15H22N2O3S/c1-10(7-11-5-6-21-8-11)16-13(19)17-15(4)9-14(2,3)20-12(15)18/h5-6,8,10H,7,9H2,1-4H3,(H2,16,17,19). The number of hydrogen-bond donors (Lipinski definition) is 2. The molecular weight excluding hydrogens is 288 g/mol. The molecule has 0 radical (unpaired) electrons. The first-order valence-corrected chi connectivity index (χ1v) is 7.98. The normalized spacial score (nSPS) is 25.2. The van der Waals surface area contributed by atoms with Gasteiger partial charge in [-0.25, -0.2) is 9.59 Å². The topological polar surface area (TPSA) is 67.4 Å². The van der Waals surface area contributed by atoms with Gasteiger partial charge in [0.2, 0.25) is 0 Å². The first-order chi connectivity index (χ1) is 9.70. The molecule has 2 atom stereocenters. The Balaban J connectivity index is 1.88. The van der Waals surface area contributed by atoms with Crippen LogP contribution in [-0.4, -0.2) is 29.2 Å². The van der Waals surface area contributed by atoms with Crippen LogP contribution in [-0.2, 0) is 16.0 Å². The summed E-state index contributed by atoms with van der Waals surface area (Å²) in [7, 11) is 0. The summed E-state index contributed by atoms with van der Waals surface area (Å²) in [6, 6.07) is 1.70. The van der Waals surface area contributed by atoms with Gasteiger partial charge in [-0.1, -0.05) is 0 Å². The van der Waals surface area contributed by atoms with Gasteiger partial charge in [0.05, 0.1) is 0 Å². The van der Waals surface area contributed by atoms with Crippen molar-refractivity contribution in [2.45, 2.75) is 57.7 Å². The van der Waals surface area contributed by atoms with Gasteiger partial charge in [-0.2, -0.15) is 11.3 Å². The van der Waals surface area contributed by atoms with Crippen molar-refractivity contribution in [2.75, 3.05) is 0 Å². The molecule has 2 unspecified atom stereocenters. The van der Waals surface area contributed by atoms with Crippen LogP contribution in [0.1, 0.15) is 39.7 Å². The number of carbonyl (C=O) groups is 2. The summed E-state index contributed by atoms with van der Waals surface area (Å²) in [5, 5.41) is 9.69. The van der Waals surface area contributed by atoms with E-state index in [1.54, 1.807) is 18.3 Å². The minimum absolute atomic E-state index is 0.00589. The maximum atomic E-state index is 12.1. The smallest absolute Gasteiger partial charge is 0.332 e. The molecule has 2 heterocycles. The number of nitrogens with one attached hydrogen (secondary N) is 2. The molecule has 1 saturated heterocycles. The van der Waals surface area contributed by atoms with Crippen LogP contribution >= 0.6 is 11.3 Å². The molecule has 2 amide bonds. The zero-order chi connectivity index (χ0) is 15.7. The fourth-order valence-corrected chi connectivity index (χ4v) is 3.42. The number of amides is 2. The molecule has 1 aromatic heterocycles. The molecule has 2 N–H and O–H groups in total. The molecule has 1 aromatic rings. The maximum Gasteiger partial charge on any atom is 0.332 e. The fraction of sp³-hybridized carbons (Fsp3) is 0.600. The van der Waals surface area contributed by atoms with Crippen LogP contribution in [0.3, 0.4) is 0 Å². The lowest BCUT2D eigenvalue weighted by Crippen LogP contribution is -2.54. The van der Waals surface area contributed by atoms with Gasteiger partial charge in [-0.05, 0) is 56.5 Å². The lowest BCUT2D eigenvalue weighted by Gasteiger charge is -2.23. The van der Waals surface area contributed by atoms with E-state index in [0.717, 1.165) is 6.42 Å². The van der Waals surface area contributed by atoms with Crippen LogP contribution in [0.15, 0.2) is 16.8 Å². The lowest BCUT2D eigenvalue weighted by molar-refractivity contribution is -0.149. The Hall–Kier alpha value is -1.56. The van der Waals surface area contributed by atoms with Crippen molar-refractivity contribution in [2.24, 2.45) is 0 Å². The van der Waals surface area contributed by atoms with Crippen LogP contribution in [0.25, 0.3) is 0 Å². The van der Waals surface area contributed by atoms with Gasteiger partial charge < -0.3 is 15.4 Å². The molecule has 0 bridgehead atoms. The predicted molar refractivity (Wildman–Crippen MR) is 82.3 cm³/mol. The molecule has 1 aliphatic heterocycles. The van der Waals surface area contributed by atoms with E-state index < -0.39 is 11.1 Å². The third-order valence-corrected chi connectivity index (χ3v) is 4.22. The quantitative estimate of drug-likeness (QED) is 0.840. The highest BCUT2D eigenvalue weighted by Crippen LogP contribution is 2.33. The number of ether oxygens (including phenoxy) is 1. The third kappa shape index (κ3) is 3.97. The first-order valence-electron chi connectivity index (χ1n) is 7.03. The largest absolute Gasteiger partial charge is 0.458 e. The third-order valence-electron chi connectivity index (χ3n) is 3.49. The Bertz CT molecular complexity index is 527. The van der Waals surface area contributed by atoms with E-state index in [1.807, 2.05) is 32.2 Å². The van der Waals surface area contributed by atoms with Crippen molar-refractivity contribution in [3.05, 3.63) is 22.4 Å². The van der Waals surface area contributed by atoms with Crippen LogP contribution in [0.2, 0.25) is 0 Å². The monoisotopic (exact) mass is 310 g/mol. The van der Waals surface area contributed by atoms with E-state index in [4.69, 9.17) is 4.74 Å². The number of hydrogen-bond acceptors (Lipinski definition) is 4. The SMILES string of the molecule is CC(Cc1ccsc1)NC(=O)NC1(C)CC(C)(C)OC1=O. The van der Waals surface area contributed by atoms with Crippen molar-refractivity contribution in [3.63, 3.8) is 0 Å². The highest BCUT2D eigenvalue weighted by Gasteiger charge is 2.50. The molecular formula is C15H22N2O3S. The van der Waals surface area contributed by atoms with Crippen LogP contribution < -0.4 is 10.6 Å². The number of thiophene rings is 1. The summed E-state index contributed by atoms with van der Waals surface area (Å²) in [5.41, 5.74) is -0.308. The molecule has 1 aliphatic rings. The lowest BCUT2D eigenvalue weighted by atomic mass is 9.92. The highest BCUT2D eigenvalue weighted by molar-refractivity contribution is 7.07. The predicted octanol–water partition coefficient (Wildman–Crippen LogP) is 2.46. The summed E-state index contributed by atoms with van der Waals surface area (Å²) in [4.78, 5) is 24.0. The number of rotatable bonds is 4. The zero-order valence-electron chi connectivity index (χ0n) is 12.9. The molecule has 5 nitrogen and oxygen atoms in total. The Morgan fingerprint density at radius 3 is 2.71 bits per heavy atom. The number of cyclic esters (lactones) is 1. The summed E-state index contributed by atoms with van der Waals surface area (Å²) in [5.74, 6) is -0.381. The Morgan fingerprint density at radius 2 is 2.19 bits per heavy atom. The van der Waals surface area contributed by atoms with Gasteiger partial charge in [0.15, 0.2) is 0 Å². The Labute approximate surface area is 129 Å². The molecule has 0 spiro atoms. The minimum atomic E-state index is -0.963. The second-order valence-corrected chi connectivity index (χ2v) is 7.27. The van der Waals surface area contributed by atoms with Gasteiger partial charge in [-0.15, -0.1) is 0 Å². The zero-order valence-corrected chi connectivity index (χ0v) is 13.7. The Kier molecular flexibility index (Phi) is 4.27. The molecule has 1 fully saturated rings. The second kappa shape index (κ2) is 5.67. The molecule has 2 rings (SSSR count). The van der Waals surface area contributed by atoms with E-state index >= 15 is 0 Å². The van der Waals surface area contributed by atoms with E-state index in [1.165, 1.54) is 5.56 Å². The van der Waals surface area contributed by atoms with Crippen LogP contribution in [0.5, 0.6) is 0 Å². The number of urea groups is 1. The fourth-order valence-electron chi connectivity index (χ4n) is 2.74. The summed E-state index contributed by atoms with van der Waals surface area (Å²) in [6.07, 6.45) is 1.23. The average molecular weight is 310 g/mol. The molecule has 21 heavy (non-hydrogen) atoms. The number of esters is 1. The molecule has 0 aromatic carbocycles. The van der Waals surface area contributed by atoms with Crippen molar-refractivity contribution in [3.8, 4) is 0 Å². The Morgan fingerprint density at radius 1 is 1.48 bits per heavy atom. The van der Waals surface area contributed by atoms with Crippen LogP contribution in [0.4, 0.5) is 4.79 Å². The molecule has 0 aliphatic carbocycles. The highest BCUT2D eigenvalue weighted by atomic mass is 32.1. The minimum Gasteiger partial charge on any atom is -0.458 e. The van der Waals surface area contributed by atoms with Crippen molar-refractivity contribution < 1.29 is 14.3 Å². The molecule has 6 heteroatoms. The van der Waals surface area contributed by atoms with E-state index in [9.17, 15) is 9.59 Å².